The molecule has 0 aromatic carbocycles. The second kappa shape index (κ2) is 4.65. The lowest BCUT2D eigenvalue weighted by Crippen LogP contribution is -2.32. The van der Waals surface area contributed by atoms with E-state index >= 15 is 0 Å². The van der Waals surface area contributed by atoms with Crippen molar-refractivity contribution in [3.05, 3.63) is 18.0 Å². The summed E-state index contributed by atoms with van der Waals surface area (Å²) in [5, 5.41) is 16.4. The maximum Gasteiger partial charge on any atom is 0.271 e. The van der Waals surface area contributed by atoms with Gasteiger partial charge in [-0.15, -0.1) is 0 Å². The zero-order chi connectivity index (χ0) is 11.5. The van der Waals surface area contributed by atoms with Gasteiger partial charge in [0.2, 0.25) is 0 Å². The van der Waals surface area contributed by atoms with Gasteiger partial charge in [-0.25, -0.2) is 0 Å². The van der Waals surface area contributed by atoms with E-state index in [1.54, 1.807) is 24.0 Å². The highest BCUT2D eigenvalue weighted by Crippen LogP contribution is 2.24. The van der Waals surface area contributed by atoms with Crippen molar-refractivity contribution in [1.82, 2.24) is 15.1 Å². The third-order valence-electron chi connectivity index (χ3n) is 3.09. The molecule has 16 heavy (non-hydrogen) atoms. The maximum absolute atomic E-state index is 11.7. The summed E-state index contributed by atoms with van der Waals surface area (Å²) in [5.74, 6) is 0.0346. The summed E-state index contributed by atoms with van der Waals surface area (Å²) >= 11 is 0. The van der Waals surface area contributed by atoms with Gasteiger partial charge < -0.3 is 10.4 Å². The average molecular weight is 223 g/mol. The normalized spacial score (nSPS) is 24.6. The molecule has 2 unspecified atom stereocenters. The van der Waals surface area contributed by atoms with Gasteiger partial charge in [-0.1, -0.05) is 6.42 Å². The Morgan fingerprint density at radius 2 is 2.50 bits per heavy atom. The van der Waals surface area contributed by atoms with Crippen LogP contribution in [0.2, 0.25) is 0 Å². The van der Waals surface area contributed by atoms with E-state index in [0.29, 0.717) is 12.2 Å². The molecule has 1 fully saturated rings. The lowest BCUT2D eigenvalue weighted by molar-refractivity contribution is 0.0911. The van der Waals surface area contributed by atoms with Crippen molar-refractivity contribution >= 4 is 5.91 Å². The number of hydrogen-bond acceptors (Lipinski definition) is 3. The lowest BCUT2D eigenvalue weighted by atomic mass is 10.1. The number of rotatable bonds is 3. The van der Waals surface area contributed by atoms with Crippen LogP contribution < -0.4 is 5.32 Å². The summed E-state index contributed by atoms with van der Waals surface area (Å²) < 4.78 is 1.60. The molecule has 5 heteroatoms. The van der Waals surface area contributed by atoms with Crippen LogP contribution in [0, 0.1) is 5.92 Å². The predicted molar refractivity (Wildman–Crippen MR) is 58.9 cm³/mol. The first-order valence-electron chi connectivity index (χ1n) is 5.62. The highest BCUT2D eigenvalue weighted by atomic mass is 16.3. The first-order valence-corrected chi connectivity index (χ1v) is 5.62. The van der Waals surface area contributed by atoms with Crippen LogP contribution in [0.3, 0.4) is 0 Å². The molecular formula is C11H17N3O2. The number of aromatic nitrogens is 2. The molecular weight excluding hydrogens is 206 g/mol. The van der Waals surface area contributed by atoms with Crippen LogP contribution >= 0.6 is 0 Å². The molecule has 0 saturated heterocycles. The van der Waals surface area contributed by atoms with Gasteiger partial charge in [-0.3, -0.25) is 9.48 Å². The molecule has 88 valence electrons. The fourth-order valence-electron chi connectivity index (χ4n) is 2.11. The molecule has 1 aliphatic rings. The van der Waals surface area contributed by atoms with Crippen LogP contribution in [0.15, 0.2) is 12.3 Å². The van der Waals surface area contributed by atoms with Gasteiger partial charge in [0.1, 0.15) is 5.69 Å². The van der Waals surface area contributed by atoms with Crippen LogP contribution in [0.1, 0.15) is 29.8 Å². The van der Waals surface area contributed by atoms with Gasteiger partial charge in [-0.05, 0) is 18.9 Å². The number of nitrogens with one attached hydrogen (secondary N) is 1. The Morgan fingerprint density at radius 3 is 3.06 bits per heavy atom. The second-order valence-electron chi connectivity index (χ2n) is 4.34. The Bertz CT molecular complexity index is 375. The molecule has 1 amide bonds. The molecule has 2 N–H and O–H groups in total. The number of amides is 1. The van der Waals surface area contributed by atoms with Crippen LogP contribution in [0.4, 0.5) is 0 Å². The van der Waals surface area contributed by atoms with E-state index in [1.165, 1.54) is 0 Å². The molecule has 2 rings (SSSR count). The van der Waals surface area contributed by atoms with Crippen molar-refractivity contribution < 1.29 is 9.90 Å². The van der Waals surface area contributed by atoms with Crippen LogP contribution in [-0.4, -0.2) is 33.4 Å². The molecule has 1 aromatic heterocycles. The number of nitrogens with zero attached hydrogens (tertiary/aromatic N) is 2. The number of aryl methyl sites for hydroxylation is 1. The van der Waals surface area contributed by atoms with Crippen LogP contribution in [0.25, 0.3) is 0 Å². The summed E-state index contributed by atoms with van der Waals surface area (Å²) in [4.78, 5) is 11.7. The highest BCUT2D eigenvalue weighted by molar-refractivity contribution is 5.92. The van der Waals surface area contributed by atoms with E-state index < -0.39 is 0 Å². The quantitative estimate of drug-likeness (QED) is 0.775. The van der Waals surface area contributed by atoms with Gasteiger partial charge >= 0.3 is 0 Å². The van der Waals surface area contributed by atoms with E-state index in [-0.39, 0.29) is 17.9 Å². The average Bonchev–Trinajstić information content (AvgIpc) is 2.84. The fraction of sp³-hybridized carbons (Fsp3) is 0.636. The van der Waals surface area contributed by atoms with Crippen molar-refractivity contribution in [2.24, 2.45) is 13.0 Å². The van der Waals surface area contributed by atoms with Gasteiger partial charge in [0.25, 0.3) is 5.91 Å². The maximum atomic E-state index is 11.7. The second-order valence-corrected chi connectivity index (χ2v) is 4.34. The number of aliphatic hydroxyl groups is 1. The Balaban J connectivity index is 1.84. The van der Waals surface area contributed by atoms with E-state index in [1.807, 2.05) is 0 Å². The molecule has 0 aliphatic heterocycles. The van der Waals surface area contributed by atoms with E-state index in [4.69, 9.17) is 0 Å². The Morgan fingerprint density at radius 1 is 1.69 bits per heavy atom. The van der Waals surface area contributed by atoms with Gasteiger partial charge in [0.15, 0.2) is 0 Å². The molecule has 1 aromatic rings. The van der Waals surface area contributed by atoms with E-state index in [0.717, 1.165) is 19.3 Å². The minimum Gasteiger partial charge on any atom is -0.393 e. The summed E-state index contributed by atoms with van der Waals surface area (Å²) in [5.41, 5.74) is 0.426. The Kier molecular flexibility index (Phi) is 3.24. The van der Waals surface area contributed by atoms with Gasteiger partial charge in [0, 0.05) is 25.7 Å². The van der Waals surface area contributed by atoms with Crippen molar-refractivity contribution in [1.29, 1.82) is 0 Å². The topological polar surface area (TPSA) is 67.2 Å². The summed E-state index contributed by atoms with van der Waals surface area (Å²) in [6, 6.07) is 1.68. The predicted octanol–water partition coefficient (Wildman–Crippen LogP) is 0.311. The molecule has 0 spiro atoms. The molecule has 0 bridgehead atoms. The Labute approximate surface area is 94.5 Å². The van der Waals surface area contributed by atoms with Gasteiger partial charge in [0.05, 0.1) is 6.10 Å². The minimum atomic E-state index is -0.260. The zero-order valence-corrected chi connectivity index (χ0v) is 9.39. The first-order chi connectivity index (χ1) is 7.66. The smallest absolute Gasteiger partial charge is 0.271 e. The first kappa shape index (κ1) is 11.1. The molecule has 2 atom stereocenters. The minimum absolute atomic E-state index is 0.167. The molecule has 1 heterocycles. The Hall–Kier alpha value is -1.36. The summed E-state index contributed by atoms with van der Waals surface area (Å²) in [6.45, 7) is 0.538. The van der Waals surface area contributed by atoms with E-state index in [9.17, 15) is 9.90 Å². The standard InChI is InChI=1S/C11H17N3O2/c1-14-6-5-9(13-14)11(16)12-7-8-3-2-4-10(8)15/h5-6,8,10,15H,2-4,7H2,1H3,(H,12,16). The summed E-state index contributed by atoms with van der Waals surface area (Å²) in [7, 11) is 1.78. The van der Waals surface area contributed by atoms with Crippen molar-refractivity contribution in [2.75, 3.05) is 6.54 Å². The van der Waals surface area contributed by atoms with E-state index in [2.05, 4.69) is 10.4 Å². The SMILES string of the molecule is Cn1ccc(C(=O)NCC2CCCC2O)n1. The molecule has 1 aliphatic carbocycles. The van der Waals surface area contributed by atoms with Crippen molar-refractivity contribution in [2.45, 2.75) is 25.4 Å². The number of hydrogen-bond donors (Lipinski definition) is 2. The molecule has 5 nitrogen and oxygen atoms in total. The third-order valence-corrected chi connectivity index (χ3v) is 3.09. The monoisotopic (exact) mass is 223 g/mol. The number of aliphatic hydroxyl groups excluding tert-OH is 1. The highest BCUT2D eigenvalue weighted by Gasteiger charge is 2.25. The number of carbonyl (C=O) groups excluding carboxylic acids is 1. The molecule has 1 saturated carbocycles. The zero-order valence-electron chi connectivity index (χ0n) is 9.39. The fourth-order valence-corrected chi connectivity index (χ4v) is 2.11. The van der Waals surface area contributed by atoms with Crippen LogP contribution in [-0.2, 0) is 7.05 Å². The lowest BCUT2D eigenvalue weighted by Gasteiger charge is -2.14. The van der Waals surface area contributed by atoms with Crippen molar-refractivity contribution in [3.8, 4) is 0 Å². The summed E-state index contributed by atoms with van der Waals surface area (Å²) in [6.07, 6.45) is 4.36. The third kappa shape index (κ3) is 2.41. The molecule has 0 radical (unpaired) electrons. The number of carbonyl (C=O) groups is 1. The van der Waals surface area contributed by atoms with Crippen LogP contribution in [0.5, 0.6) is 0 Å². The van der Waals surface area contributed by atoms with Gasteiger partial charge in [-0.2, -0.15) is 5.10 Å². The largest absolute Gasteiger partial charge is 0.393 e. The van der Waals surface area contributed by atoms with Crippen molar-refractivity contribution in [3.63, 3.8) is 0 Å².